The topological polar surface area (TPSA) is 37.4 Å². The van der Waals surface area contributed by atoms with Crippen LogP contribution in [0, 0.1) is 0 Å². The van der Waals surface area contributed by atoms with Crippen LogP contribution in [0.1, 0.15) is 51.4 Å². The molecule has 3 nitrogen and oxygen atoms in total. The van der Waals surface area contributed by atoms with E-state index in [4.69, 9.17) is 23.4 Å². The molecule has 0 spiro atoms. The standard InChI is InChI=1S/C20H29Cl2NO2S/c1-2-3-4-5-6-7-8-10-14-19(21)15-13-18-23(22)26(24,25)20-16-11-9-12-17-20/h2,9,11-13,15-17,19H,1,3-8,10,14,18H2/b15-13+. The molecule has 26 heavy (non-hydrogen) atoms. The summed E-state index contributed by atoms with van der Waals surface area (Å²) in [5, 5.41) is -0.0970. The predicted octanol–water partition coefficient (Wildman–Crippen LogP) is 6.30. The molecule has 0 saturated carbocycles. The van der Waals surface area contributed by atoms with E-state index in [-0.39, 0.29) is 16.8 Å². The number of rotatable bonds is 14. The van der Waals surface area contributed by atoms with E-state index in [1.807, 2.05) is 12.2 Å². The molecule has 0 aliphatic carbocycles. The third-order valence-electron chi connectivity index (χ3n) is 4.03. The fourth-order valence-corrected chi connectivity index (χ4v) is 4.12. The number of allylic oxidation sites excluding steroid dienone is 2. The quantitative estimate of drug-likeness (QED) is 0.154. The lowest BCUT2D eigenvalue weighted by Crippen LogP contribution is -2.22. The molecule has 0 heterocycles. The normalized spacial score (nSPS) is 13.3. The largest absolute Gasteiger partial charge is 0.256 e. The molecule has 0 amide bonds. The van der Waals surface area contributed by atoms with E-state index < -0.39 is 10.0 Å². The fraction of sp³-hybridized carbons (Fsp3) is 0.500. The zero-order valence-electron chi connectivity index (χ0n) is 15.2. The van der Waals surface area contributed by atoms with E-state index in [0.29, 0.717) is 0 Å². The van der Waals surface area contributed by atoms with Gasteiger partial charge in [-0.2, -0.15) is 0 Å². The van der Waals surface area contributed by atoms with Crippen molar-refractivity contribution in [2.75, 3.05) is 6.54 Å². The van der Waals surface area contributed by atoms with Crippen LogP contribution in [0.15, 0.2) is 60.0 Å². The lowest BCUT2D eigenvalue weighted by molar-refractivity contribution is 0.551. The van der Waals surface area contributed by atoms with Crippen molar-refractivity contribution in [1.82, 2.24) is 3.82 Å². The Morgan fingerprint density at radius 2 is 1.65 bits per heavy atom. The molecule has 0 radical (unpaired) electrons. The molecule has 0 aliphatic heterocycles. The van der Waals surface area contributed by atoms with Gasteiger partial charge in [-0.15, -0.1) is 22.0 Å². The highest BCUT2D eigenvalue weighted by atomic mass is 35.5. The second-order valence-electron chi connectivity index (χ2n) is 6.22. The lowest BCUT2D eigenvalue weighted by Gasteiger charge is -2.12. The summed E-state index contributed by atoms with van der Waals surface area (Å²) in [7, 11) is -3.67. The van der Waals surface area contributed by atoms with Crippen molar-refractivity contribution in [3.05, 3.63) is 55.1 Å². The first-order valence-corrected chi connectivity index (χ1v) is 11.3. The number of hydrogen-bond acceptors (Lipinski definition) is 2. The first-order chi connectivity index (χ1) is 12.5. The molecule has 0 aromatic heterocycles. The molecular formula is C20H29Cl2NO2S. The number of sulfonamides is 1. The molecule has 1 aromatic carbocycles. The Kier molecular flexibility index (Phi) is 11.9. The number of halogens is 2. The Hall–Kier alpha value is -0.810. The highest BCUT2D eigenvalue weighted by Gasteiger charge is 2.21. The van der Waals surface area contributed by atoms with Crippen molar-refractivity contribution in [2.45, 2.75) is 61.6 Å². The van der Waals surface area contributed by atoms with Crippen molar-refractivity contribution in [3.8, 4) is 0 Å². The molecule has 1 unspecified atom stereocenters. The van der Waals surface area contributed by atoms with Gasteiger partial charge in [-0.1, -0.05) is 68.5 Å². The highest BCUT2D eigenvalue weighted by Crippen LogP contribution is 2.18. The summed E-state index contributed by atoms with van der Waals surface area (Å²) < 4.78 is 25.3. The first kappa shape index (κ1) is 23.2. The molecule has 1 rings (SSSR count). The van der Waals surface area contributed by atoms with Crippen molar-refractivity contribution < 1.29 is 8.42 Å². The summed E-state index contributed by atoms with van der Waals surface area (Å²) >= 11 is 12.2. The minimum atomic E-state index is -3.67. The number of nitrogens with zero attached hydrogens (tertiary/aromatic N) is 1. The van der Waals surface area contributed by atoms with E-state index in [9.17, 15) is 8.42 Å². The number of unbranched alkanes of at least 4 members (excludes halogenated alkanes) is 6. The van der Waals surface area contributed by atoms with Gasteiger partial charge in [-0.3, -0.25) is 0 Å². The predicted molar refractivity (Wildman–Crippen MR) is 112 cm³/mol. The minimum absolute atomic E-state index is 0.0886. The Morgan fingerprint density at radius 1 is 1.04 bits per heavy atom. The smallest absolute Gasteiger partial charge is 0.206 e. The van der Waals surface area contributed by atoms with E-state index in [0.717, 1.165) is 23.1 Å². The SMILES string of the molecule is C=CCCCCCCCCC(Cl)/C=C/CN(Cl)S(=O)(=O)c1ccccc1. The van der Waals surface area contributed by atoms with E-state index >= 15 is 0 Å². The average Bonchev–Trinajstić information content (AvgIpc) is 2.64. The lowest BCUT2D eigenvalue weighted by atomic mass is 10.1. The van der Waals surface area contributed by atoms with Crippen LogP contribution in [0.25, 0.3) is 0 Å². The van der Waals surface area contributed by atoms with Crippen molar-refractivity contribution >= 4 is 33.4 Å². The van der Waals surface area contributed by atoms with Crippen molar-refractivity contribution in [1.29, 1.82) is 0 Å². The van der Waals surface area contributed by atoms with Crippen LogP contribution in [0.2, 0.25) is 0 Å². The number of benzene rings is 1. The molecule has 1 aromatic rings. The second kappa shape index (κ2) is 13.4. The van der Waals surface area contributed by atoms with Crippen LogP contribution < -0.4 is 0 Å². The molecule has 0 bridgehead atoms. The zero-order chi connectivity index (χ0) is 19.3. The summed E-state index contributed by atoms with van der Waals surface area (Å²) in [5.74, 6) is 0. The van der Waals surface area contributed by atoms with E-state index in [1.54, 1.807) is 24.3 Å². The molecule has 0 aliphatic rings. The summed E-state index contributed by atoms with van der Waals surface area (Å²) in [6, 6.07) is 8.15. The third-order valence-corrected chi connectivity index (χ3v) is 6.62. The van der Waals surface area contributed by atoms with Crippen molar-refractivity contribution in [3.63, 3.8) is 0 Å². The van der Waals surface area contributed by atoms with Gasteiger partial charge in [0.05, 0.1) is 10.3 Å². The Bertz CT molecular complexity index is 632. The van der Waals surface area contributed by atoms with Crippen LogP contribution in [-0.4, -0.2) is 24.2 Å². The monoisotopic (exact) mass is 417 g/mol. The van der Waals surface area contributed by atoms with Crippen LogP contribution >= 0.6 is 23.4 Å². The fourth-order valence-electron chi connectivity index (χ4n) is 2.53. The molecule has 0 saturated heterocycles. The summed E-state index contributed by atoms with van der Waals surface area (Å²) in [5.41, 5.74) is 0. The Labute approximate surface area is 168 Å². The van der Waals surface area contributed by atoms with Gasteiger partial charge in [0.1, 0.15) is 0 Å². The van der Waals surface area contributed by atoms with Gasteiger partial charge in [0.25, 0.3) is 10.0 Å². The maximum atomic E-state index is 12.3. The third kappa shape index (κ3) is 9.22. The van der Waals surface area contributed by atoms with Gasteiger partial charge in [-0.25, -0.2) is 8.42 Å². The zero-order valence-corrected chi connectivity index (χ0v) is 17.5. The highest BCUT2D eigenvalue weighted by molar-refractivity contribution is 7.90. The number of alkyl halides is 1. The minimum Gasteiger partial charge on any atom is -0.206 e. The van der Waals surface area contributed by atoms with Crippen LogP contribution in [0.5, 0.6) is 0 Å². The Balaban J connectivity index is 2.23. The van der Waals surface area contributed by atoms with Gasteiger partial charge in [0.15, 0.2) is 0 Å². The van der Waals surface area contributed by atoms with E-state index in [2.05, 4.69) is 6.58 Å². The molecule has 1 atom stereocenters. The van der Waals surface area contributed by atoms with Gasteiger partial charge >= 0.3 is 0 Å². The molecule has 146 valence electrons. The van der Waals surface area contributed by atoms with Crippen LogP contribution in [0.4, 0.5) is 0 Å². The van der Waals surface area contributed by atoms with Crippen LogP contribution in [0.3, 0.4) is 0 Å². The van der Waals surface area contributed by atoms with E-state index in [1.165, 1.54) is 44.2 Å². The van der Waals surface area contributed by atoms with Gasteiger partial charge in [-0.05, 0) is 43.2 Å². The summed E-state index contributed by atoms with van der Waals surface area (Å²) in [6.45, 7) is 3.81. The Morgan fingerprint density at radius 3 is 2.31 bits per heavy atom. The van der Waals surface area contributed by atoms with Crippen LogP contribution in [-0.2, 0) is 10.0 Å². The summed E-state index contributed by atoms with van der Waals surface area (Å²) in [4.78, 5) is 0.180. The maximum absolute atomic E-state index is 12.3. The average molecular weight is 418 g/mol. The summed E-state index contributed by atoms with van der Waals surface area (Å²) in [6.07, 6.45) is 14.7. The first-order valence-electron chi connectivity index (χ1n) is 9.13. The molecule has 0 N–H and O–H groups in total. The molecule has 6 heteroatoms. The van der Waals surface area contributed by atoms with Gasteiger partial charge in [0, 0.05) is 6.54 Å². The molecular weight excluding hydrogens is 389 g/mol. The van der Waals surface area contributed by atoms with Gasteiger partial charge < -0.3 is 0 Å². The second-order valence-corrected chi connectivity index (χ2v) is 9.25. The molecule has 0 fully saturated rings. The van der Waals surface area contributed by atoms with Crippen molar-refractivity contribution in [2.24, 2.45) is 0 Å². The maximum Gasteiger partial charge on any atom is 0.256 e. The number of hydrogen-bond donors (Lipinski definition) is 0. The van der Waals surface area contributed by atoms with Gasteiger partial charge in [0.2, 0.25) is 0 Å².